The molecule has 1 aromatic rings. The van der Waals surface area contributed by atoms with Gasteiger partial charge in [0, 0.05) is 26.3 Å². The number of nitrogens with one attached hydrogen (secondary N) is 1. The third-order valence-corrected chi connectivity index (χ3v) is 2.67. The fourth-order valence-corrected chi connectivity index (χ4v) is 1.73. The second kappa shape index (κ2) is 8.63. The van der Waals surface area contributed by atoms with Crippen molar-refractivity contribution in [1.82, 2.24) is 15.3 Å². The Morgan fingerprint density at radius 3 is 2.32 bits per heavy atom. The topological polar surface area (TPSA) is 85.7 Å². The van der Waals surface area contributed by atoms with E-state index in [-0.39, 0.29) is 12.6 Å². The summed E-state index contributed by atoms with van der Waals surface area (Å²) in [4.78, 5) is 8.08. The van der Waals surface area contributed by atoms with Gasteiger partial charge in [0.2, 0.25) is 11.8 Å². The smallest absolute Gasteiger partial charge is 0.224 e. The summed E-state index contributed by atoms with van der Waals surface area (Å²) < 4.78 is 15.5. The van der Waals surface area contributed by atoms with E-state index in [9.17, 15) is 0 Å². The molecule has 0 aromatic carbocycles. The Kier molecular flexibility index (Phi) is 7.09. The van der Waals surface area contributed by atoms with Crippen LogP contribution in [-0.4, -0.2) is 55.7 Å². The van der Waals surface area contributed by atoms with Crippen molar-refractivity contribution >= 4 is 0 Å². The van der Waals surface area contributed by atoms with E-state index in [1.54, 1.807) is 21.3 Å². The van der Waals surface area contributed by atoms with Gasteiger partial charge >= 0.3 is 0 Å². The average Bonchev–Trinajstić information content (AvgIpc) is 2.44. The van der Waals surface area contributed by atoms with E-state index in [4.69, 9.17) is 19.3 Å². The first kappa shape index (κ1) is 15.6. The molecule has 0 saturated carbocycles. The number of rotatable bonds is 9. The van der Waals surface area contributed by atoms with Gasteiger partial charge in [0.25, 0.3) is 0 Å². The molecule has 108 valence electrons. The van der Waals surface area contributed by atoms with Crippen molar-refractivity contribution in [2.45, 2.75) is 19.0 Å². The lowest BCUT2D eigenvalue weighted by Crippen LogP contribution is -2.34. The molecule has 0 fully saturated rings. The van der Waals surface area contributed by atoms with Crippen molar-refractivity contribution in [1.29, 1.82) is 0 Å². The van der Waals surface area contributed by atoms with Crippen LogP contribution in [0.15, 0.2) is 6.33 Å². The molecule has 0 saturated heterocycles. The molecule has 0 radical (unpaired) electrons. The molecule has 2 N–H and O–H groups in total. The van der Waals surface area contributed by atoms with Crippen molar-refractivity contribution in [3.63, 3.8) is 0 Å². The monoisotopic (exact) mass is 271 g/mol. The summed E-state index contributed by atoms with van der Waals surface area (Å²) >= 11 is 0. The van der Waals surface area contributed by atoms with Crippen LogP contribution in [0, 0.1) is 0 Å². The molecule has 1 unspecified atom stereocenters. The molecule has 0 aliphatic rings. The molecule has 7 heteroatoms. The first-order chi connectivity index (χ1) is 9.26. The zero-order valence-electron chi connectivity index (χ0n) is 11.5. The predicted molar refractivity (Wildman–Crippen MR) is 69.3 cm³/mol. The maximum atomic E-state index is 8.99. The second-order valence-electron chi connectivity index (χ2n) is 3.92. The average molecular weight is 271 g/mol. The van der Waals surface area contributed by atoms with E-state index in [0.29, 0.717) is 31.3 Å². The first-order valence-corrected chi connectivity index (χ1v) is 6.01. The van der Waals surface area contributed by atoms with Crippen LogP contribution in [0.25, 0.3) is 0 Å². The maximum absolute atomic E-state index is 8.99. The first-order valence-electron chi connectivity index (χ1n) is 6.01. The molecule has 1 heterocycles. The molecule has 1 rings (SSSR count). The molecule has 1 aromatic heterocycles. The van der Waals surface area contributed by atoms with Crippen LogP contribution in [0.2, 0.25) is 0 Å². The van der Waals surface area contributed by atoms with Crippen molar-refractivity contribution in [3.05, 3.63) is 11.9 Å². The number of hydrogen-bond acceptors (Lipinski definition) is 7. The molecule has 0 spiro atoms. The molecule has 0 bridgehead atoms. The Labute approximate surface area is 112 Å². The quantitative estimate of drug-likeness (QED) is 0.653. The summed E-state index contributed by atoms with van der Waals surface area (Å²) in [5, 5.41) is 12.3. The molecular formula is C12H21N3O4. The Bertz CT molecular complexity index is 348. The Balaban J connectivity index is 2.74. The Morgan fingerprint density at radius 1 is 1.21 bits per heavy atom. The number of aromatic nitrogens is 2. The third kappa shape index (κ3) is 4.62. The minimum Gasteiger partial charge on any atom is -0.481 e. The van der Waals surface area contributed by atoms with E-state index in [2.05, 4.69) is 15.3 Å². The van der Waals surface area contributed by atoms with E-state index in [0.717, 1.165) is 5.56 Å². The van der Waals surface area contributed by atoms with Gasteiger partial charge in [-0.1, -0.05) is 0 Å². The van der Waals surface area contributed by atoms with Gasteiger partial charge in [0.1, 0.15) is 6.33 Å². The third-order valence-electron chi connectivity index (χ3n) is 2.67. The van der Waals surface area contributed by atoms with Gasteiger partial charge in [-0.05, 0) is 6.42 Å². The van der Waals surface area contributed by atoms with Gasteiger partial charge in [-0.25, -0.2) is 9.97 Å². The molecule has 0 aliphatic carbocycles. The summed E-state index contributed by atoms with van der Waals surface area (Å²) in [6.07, 6.45) is 1.99. The van der Waals surface area contributed by atoms with Gasteiger partial charge in [0.15, 0.2) is 0 Å². The summed E-state index contributed by atoms with van der Waals surface area (Å²) in [5.74, 6) is 0.944. The Morgan fingerprint density at radius 2 is 1.84 bits per heavy atom. The summed E-state index contributed by atoms with van der Waals surface area (Å²) in [6, 6.07) is 0.0459. The largest absolute Gasteiger partial charge is 0.481 e. The SMILES string of the molecule is COCC(CCO)NCc1c(OC)ncnc1OC. The second-order valence-corrected chi connectivity index (χ2v) is 3.92. The number of nitrogens with zero attached hydrogens (tertiary/aromatic N) is 2. The fourth-order valence-electron chi connectivity index (χ4n) is 1.73. The number of methoxy groups -OCH3 is 3. The summed E-state index contributed by atoms with van der Waals surface area (Å²) in [7, 11) is 4.72. The van der Waals surface area contributed by atoms with Crippen molar-refractivity contribution in [3.8, 4) is 11.8 Å². The lowest BCUT2D eigenvalue weighted by atomic mass is 10.2. The number of aliphatic hydroxyl groups is 1. The zero-order chi connectivity index (χ0) is 14.1. The zero-order valence-corrected chi connectivity index (χ0v) is 11.5. The van der Waals surface area contributed by atoms with Crippen LogP contribution in [-0.2, 0) is 11.3 Å². The van der Waals surface area contributed by atoms with Crippen LogP contribution in [0.4, 0.5) is 0 Å². The minimum atomic E-state index is 0.0459. The summed E-state index contributed by atoms with van der Waals surface area (Å²) in [6.45, 7) is 1.08. The van der Waals surface area contributed by atoms with Gasteiger partial charge in [-0.3, -0.25) is 0 Å². The highest BCUT2D eigenvalue weighted by Crippen LogP contribution is 2.23. The van der Waals surface area contributed by atoms with Gasteiger partial charge in [-0.15, -0.1) is 0 Å². The molecule has 0 amide bonds. The van der Waals surface area contributed by atoms with Crippen molar-refractivity contribution in [2.24, 2.45) is 0 Å². The van der Waals surface area contributed by atoms with Crippen molar-refractivity contribution in [2.75, 3.05) is 34.5 Å². The van der Waals surface area contributed by atoms with Crippen LogP contribution in [0.5, 0.6) is 11.8 Å². The minimum absolute atomic E-state index is 0.0459. The predicted octanol–water partition coefficient (Wildman–Crippen LogP) is -0.0192. The van der Waals surface area contributed by atoms with Gasteiger partial charge in [0.05, 0.1) is 26.4 Å². The highest BCUT2D eigenvalue weighted by molar-refractivity contribution is 5.34. The molecule has 0 aliphatic heterocycles. The van der Waals surface area contributed by atoms with E-state index in [1.807, 2.05) is 0 Å². The van der Waals surface area contributed by atoms with Crippen molar-refractivity contribution < 1.29 is 19.3 Å². The fraction of sp³-hybridized carbons (Fsp3) is 0.667. The highest BCUT2D eigenvalue weighted by Gasteiger charge is 2.15. The molecular weight excluding hydrogens is 250 g/mol. The molecule has 7 nitrogen and oxygen atoms in total. The summed E-state index contributed by atoms with van der Waals surface area (Å²) in [5.41, 5.74) is 0.742. The van der Waals surface area contributed by atoms with E-state index < -0.39 is 0 Å². The number of hydrogen-bond donors (Lipinski definition) is 2. The number of ether oxygens (including phenoxy) is 3. The van der Waals surface area contributed by atoms with E-state index >= 15 is 0 Å². The van der Waals surface area contributed by atoms with E-state index in [1.165, 1.54) is 6.33 Å². The maximum Gasteiger partial charge on any atom is 0.224 e. The van der Waals surface area contributed by atoms with Gasteiger partial charge < -0.3 is 24.6 Å². The van der Waals surface area contributed by atoms with Crippen LogP contribution in [0.1, 0.15) is 12.0 Å². The standard InChI is InChI=1S/C12H21N3O4/c1-17-7-9(4-5-16)13-6-10-11(18-2)14-8-15-12(10)19-3/h8-9,13,16H,4-7H2,1-3H3. The van der Waals surface area contributed by atoms with Crippen LogP contribution >= 0.6 is 0 Å². The number of aliphatic hydroxyl groups excluding tert-OH is 1. The molecule has 19 heavy (non-hydrogen) atoms. The van der Waals surface area contributed by atoms with Crippen LogP contribution in [0.3, 0.4) is 0 Å². The lowest BCUT2D eigenvalue weighted by molar-refractivity contribution is 0.147. The highest BCUT2D eigenvalue weighted by atomic mass is 16.5. The van der Waals surface area contributed by atoms with Crippen LogP contribution < -0.4 is 14.8 Å². The normalized spacial score (nSPS) is 12.2. The molecule has 1 atom stereocenters. The van der Waals surface area contributed by atoms with Gasteiger partial charge in [-0.2, -0.15) is 0 Å². The lowest BCUT2D eigenvalue weighted by Gasteiger charge is -2.18. The Hall–Kier alpha value is -1.44.